The van der Waals surface area contributed by atoms with E-state index in [0.717, 1.165) is 11.1 Å². The van der Waals surface area contributed by atoms with Gasteiger partial charge >= 0.3 is 13.1 Å². The molecule has 1 saturated heterocycles. The molecule has 0 aromatic carbocycles. The molecule has 0 atom stereocenters. The molecule has 1 aliphatic rings. The average Bonchev–Trinajstić information content (AvgIpc) is 3.01. The summed E-state index contributed by atoms with van der Waals surface area (Å²) in [5.41, 5.74) is 1.33. The van der Waals surface area contributed by atoms with Crippen molar-refractivity contribution in [2.45, 2.75) is 52.2 Å². The third-order valence-electron chi connectivity index (χ3n) is 4.24. The standard InChI is InChI=1S/C13H17BN2O2.C3H6O2/c1-12(2)13(3,4)18-14(17-12)10-5-6-11-15-7-8-16(11)9-10;1-2-3(4)5/h5-9H,1-4H3;2H2,1H3,(H,4,5). The molecule has 124 valence electrons. The fraction of sp³-hybridized carbons (Fsp3) is 0.500. The van der Waals surface area contributed by atoms with Crippen LogP contribution in [0.5, 0.6) is 0 Å². The van der Waals surface area contributed by atoms with Crippen LogP contribution in [-0.4, -0.2) is 38.8 Å². The van der Waals surface area contributed by atoms with Gasteiger partial charge in [0.15, 0.2) is 0 Å². The van der Waals surface area contributed by atoms with Crippen LogP contribution in [0.1, 0.15) is 41.0 Å². The van der Waals surface area contributed by atoms with Crippen molar-refractivity contribution in [3.63, 3.8) is 0 Å². The van der Waals surface area contributed by atoms with E-state index in [1.807, 2.05) is 28.9 Å². The Kier molecular flexibility index (Phi) is 4.82. The Morgan fingerprint density at radius 1 is 1.26 bits per heavy atom. The highest BCUT2D eigenvalue weighted by Gasteiger charge is 2.51. The molecule has 3 rings (SSSR count). The molecule has 1 aliphatic heterocycles. The summed E-state index contributed by atoms with van der Waals surface area (Å²) in [6.07, 6.45) is 5.93. The summed E-state index contributed by atoms with van der Waals surface area (Å²) < 4.78 is 14.0. The Balaban J connectivity index is 0.000000338. The molecule has 1 N–H and O–H groups in total. The first-order valence-corrected chi connectivity index (χ1v) is 7.66. The van der Waals surface area contributed by atoms with Gasteiger partial charge in [-0.25, -0.2) is 4.98 Å². The molecular weight excluding hydrogens is 295 g/mol. The van der Waals surface area contributed by atoms with Gasteiger partial charge in [0.1, 0.15) is 5.65 Å². The number of aliphatic carboxylic acids is 1. The number of carboxylic acids is 1. The summed E-state index contributed by atoms with van der Waals surface area (Å²) in [5.74, 6) is -0.745. The lowest BCUT2D eigenvalue weighted by Crippen LogP contribution is -2.41. The maximum Gasteiger partial charge on any atom is 0.496 e. The number of fused-ring (bicyclic) bond motifs is 1. The lowest BCUT2D eigenvalue weighted by molar-refractivity contribution is -0.136. The predicted octanol–water partition coefficient (Wildman–Crippen LogP) is 2.11. The second-order valence-electron chi connectivity index (χ2n) is 6.49. The molecule has 7 heteroatoms. The molecule has 3 heterocycles. The van der Waals surface area contributed by atoms with Crippen molar-refractivity contribution in [2.75, 3.05) is 0 Å². The molecule has 2 aromatic rings. The van der Waals surface area contributed by atoms with Crippen molar-refractivity contribution in [2.24, 2.45) is 0 Å². The third kappa shape index (κ3) is 3.73. The molecule has 0 unspecified atom stereocenters. The van der Waals surface area contributed by atoms with Crippen molar-refractivity contribution >= 4 is 24.2 Å². The van der Waals surface area contributed by atoms with E-state index < -0.39 is 5.97 Å². The van der Waals surface area contributed by atoms with Crippen molar-refractivity contribution in [1.82, 2.24) is 9.38 Å². The van der Waals surface area contributed by atoms with E-state index in [1.165, 1.54) is 0 Å². The molecule has 1 fully saturated rings. The van der Waals surface area contributed by atoms with E-state index >= 15 is 0 Å². The van der Waals surface area contributed by atoms with Gasteiger partial charge in [-0.1, -0.05) is 13.0 Å². The maximum atomic E-state index is 9.37. The molecule has 0 aliphatic carbocycles. The van der Waals surface area contributed by atoms with E-state index in [9.17, 15) is 4.79 Å². The van der Waals surface area contributed by atoms with Crippen molar-refractivity contribution < 1.29 is 19.2 Å². The Morgan fingerprint density at radius 3 is 2.35 bits per heavy atom. The molecule has 23 heavy (non-hydrogen) atoms. The van der Waals surface area contributed by atoms with Crippen LogP contribution in [0.2, 0.25) is 0 Å². The van der Waals surface area contributed by atoms with Gasteiger partial charge in [-0.2, -0.15) is 0 Å². The number of pyridine rings is 1. The number of nitrogens with zero attached hydrogens (tertiary/aromatic N) is 2. The second-order valence-corrected chi connectivity index (χ2v) is 6.49. The van der Waals surface area contributed by atoms with E-state index in [0.29, 0.717) is 0 Å². The minimum atomic E-state index is -0.745. The smallest absolute Gasteiger partial charge is 0.481 e. The number of hydrogen-bond acceptors (Lipinski definition) is 4. The average molecular weight is 318 g/mol. The number of rotatable bonds is 2. The van der Waals surface area contributed by atoms with Gasteiger partial charge in [0.05, 0.1) is 11.2 Å². The number of imidazole rings is 1. The van der Waals surface area contributed by atoms with Gasteiger partial charge < -0.3 is 18.8 Å². The van der Waals surface area contributed by atoms with Crippen molar-refractivity contribution in [3.8, 4) is 0 Å². The summed E-state index contributed by atoms with van der Waals surface area (Å²) in [6, 6.07) is 3.98. The minimum absolute atomic E-state index is 0.222. The molecule has 0 amide bonds. The van der Waals surface area contributed by atoms with Gasteiger partial charge in [-0.3, -0.25) is 4.79 Å². The first kappa shape index (κ1) is 17.5. The van der Waals surface area contributed by atoms with Crippen LogP contribution in [0.15, 0.2) is 30.7 Å². The Labute approximate surface area is 136 Å². The van der Waals surface area contributed by atoms with E-state index in [2.05, 4.69) is 32.7 Å². The van der Waals surface area contributed by atoms with Crippen LogP contribution in [0.4, 0.5) is 0 Å². The molecule has 0 saturated carbocycles. The Bertz CT molecular complexity index is 680. The molecule has 6 nitrogen and oxygen atoms in total. The number of carboxylic acid groups (broad SMARTS) is 1. The zero-order valence-electron chi connectivity index (χ0n) is 14.2. The van der Waals surface area contributed by atoms with Crippen molar-refractivity contribution in [3.05, 3.63) is 30.7 Å². The first-order chi connectivity index (χ1) is 10.7. The third-order valence-corrected chi connectivity index (χ3v) is 4.24. The van der Waals surface area contributed by atoms with Gasteiger partial charge in [0.25, 0.3) is 0 Å². The summed E-state index contributed by atoms with van der Waals surface area (Å²) >= 11 is 0. The van der Waals surface area contributed by atoms with Crippen molar-refractivity contribution in [1.29, 1.82) is 0 Å². The molecule has 2 aromatic heterocycles. The normalized spacial score (nSPS) is 18.6. The maximum absolute atomic E-state index is 9.37. The molecule has 0 bridgehead atoms. The first-order valence-electron chi connectivity index (χ1n) is 7.66. The van der Waals surface area contributed by atoms with E-state index in [4.69, 9.17) is 14.4 Å². The highest BCUT2D eigenvalue weighted by molar-refractivity contribution is 6.62. The van der Waals surface area contributed by atoms with Crippen LogP contribution < -0.4 is 5.46 Å². The zero-order valence-corrected chi connectivity index (χ0v) is 14.2. The molecular formula is C16H23BN2O4. The second kappa shape index (κ2) is 6.33. The lowest BCUT2D eigenvalue weighted by Gasteiger charge is -2.32. The van der Waals surface area contributed by atoms with Gasteiger partial charge in [0.2, 0.25) is 0 Å². The highest BCUT2D eigenvalue weighted by Crippen LogP contribution is 2.36. The largest absolute Gasteiger partial charge is 0.496 e. The fourth-order valence-corrected chi connectivity index (χ4v) is 2.06. The number of carbonyl (C=O) groups is 1. The quantitative estimate of drug-likeness (QED) is 0.859. The molecule has 0 radical (unpaired) electrons. The van der Waals surface area contributed by atoms with Crippen LogP contribution >= 0.6 is 0 Å². The van der Waals surface area contributed by atoms with Crippen LogP contribution in [-0.2, 0) is 14.1 Å². The van der Waals surface area contributed by atoms with Gasteiger partial charge in [0, 0.05) is 25.0 Å². The summed E-state index contributed by atoms with van der Waals surface area (Å²) in [6.45, 7) is 9.83. The highest BCUT2D eigenvalue weighted by atomic mass is 16.7. The predicted molar refractivity (Wildman–Crippen MR) is 88.8 cm³/mol. The van der Waals surface area contributed by atoms with Gasteiger partial charge in [-0.05, 0) is 39.2 Å². The zero-order chi connectivity index (χ0) is 17.3. The molecule has 0 spiro atoms. The Hall–Kier alpha value is -1.86. The Morgan fingerprint density at radius 2 is 1.83 bits per heavy atom. The topological polar surface area (TPSA) is 73.1 Å². The summed E-state index contributed by atoms with van der Waals surface area (Å²) in [4.78, 5) is 13.6. The summed E-state index contributed by atoms with van der Waals surface area (Å²) in [7, 11) is -0.318. The lowest BCUT2D eigenvalue weighted by atomic mass is 9.80. The van der Waals surface area contributed by atoms with Crippen LogP contribution in [0.25, 0.3) is 5.65 Å². The van der Waals surface area contributed by atoms with E-state index in [-0.39, 0.29) is 24.7 Å². The fourth-order valence-electron chi connectivity index (χ4n) is 2.06. The monoisotopic (exact) mass is 318 g/mol. The van der Waals surface area contributed by atoms with E-state index in [1.54, 1.807) is 13.1 Å². The van der Waals surface area contributed by atoms with Gasteiger partial charge in [-0.15, -0.1) is 0 Å². The van der Waals surface area contributed by atoms with Crippen LogP contribution in [0, 0.1) is 0 Å². The van der Waals surface area contributed by atoms with Crippen LogP contribution in [0.3, 0.4) is 0 Å². The number of hydrogen-bond donors (Lipinski definition) is 1. The number of aromatic nitrogens is 2. The minimum Gasteiger partial charge on any atom is -0.481 e. The summed E-state index contributed by atoms with van der Waals surface area (Å²) in [5, 5.41) is 7.72. The SMILES string of the molecule is CC1(C)OB(c2ccc3nccn3c2)OC1(C)C.CCC(=O)O.